The van der Waals surface area contributed by atoms with Gasteiger partial charge in [0.1, 0.15) is 5.97 Å². The van der Waals surface area contributed by atoms with E-state index in [0.29, 0.717) is 37.0 Å². The molecule has 0 aromatic heterocycles. The molecule has 4 saturated carbocycles. The van der Waals surface area contributed by atoms with Gasteiger partial charge in [-0.25, -0.2) is 0 Å². The first-order valence-electron chi connectivity index (χ1n) is 6.18. The number of carbonyl (C=O) groups is 1. The van der Waals surface area contributed by atoms with Crippen molar-refractivity contribution in [3.05, 3.63) is 0 Å². The number of aliphatic carboxylic acids is 1. The summed E-state index contributed by atoms with van der Waals surface area (Å²) < 4.78 is 31.0. The number of hydrogen-bond acceptors (Lipinski definition) is 3. The van der Waals surface area contributed by atoms with Gasteiger partial charge in [-0.15, -0.1) is 0 Å². The average molecular weight is 245 g/mol. The van der Waals surface area contributed by atoms with Crippen LogP contribution in [0.15, 0.2) is 0 Å². The van der Waals surface area contributed by atoms with E-state index in [1.165, 1.54) is 0 Å². The minimum atomic E-state index is -4.15. The first-order chi connectivity index (χ1) is 7.89. The summed E-state index contributed by atoms with van der Waals surface area (Å²) in [6.07, 6.45) is 0.899. The van der Waals surface area contributed by atoms with Crippen LogP contribution in [0.3, 0.4) is 0 Å². The first-order valence-corrected chi connectivity index (χ1v) is 6.18. The molecule has 4 rings (SSSR count). The monoisotopic (exact) mass is 245 g/mol. The van der Waals surface area contributed by atoms with Gasteiger partial charge in [0.15, 0.2) is 0 Å². The molecule has 4 aliphatic rings. The Balaban J connectivity index is 1.80. The maximum atomic E-state index is 13.2. The molecule has 0 heterocycles. The molecule has 0 unspecified atom stereocenters. The Hall–Kier alpha value is -0.710. The van der Waals surface area contributed by atoms with E-state index in [1.807, 2.05) is 0 Å². The van der Waals surface area contributed by atoms with Crippen molar-refractivity contribution >= 4 is 5.97 Å². The summed E-state index contributed by atoms with van der Waals surface area (Å²) in [5.74, 6) is -1.09. The lowest BCUT2D eigenvalue weighted by Crippen LogP contribution is -2.57. The predicted molar refractivity (Wildman–Crippen MR) is 51.9 cm³/mol. The van der Waals surface area contributed by atoms with Crippen LogP contribution in [-0.2, 0) is 9.53 Å². The average Bonchev–Trinajstić information content (AvgIpc) is 2.12. The number of hydrogen-bond donors (Lipinski definition) is 0. The van der Waals surface area contributed by atoms with Gasteiger partial charge in [-0.2, -0.15) is 8.78 Å². The number of halogens is 2. The largest absolute Gasteiger partial charge is 0.542 e. The molecule has 5 heteroatoms. The van der Waals surface area contributed by atoms with E-state index in [4.69, 9.17) is 4.74 Å². The van der Waals surface area contributed by atoms with Crippen molar-refractivity contribution in [1.82, 2.24) is 0 Å². The second-order valence-corrected chi connectivity index (χ2v) is 6.01. The fourth-order valence-electron chi connectivity index (χ4n) is 4.47. The van der Waals surface area contributed by atoms with Crippen LogP contribution < -0.4 is 5.11 Å². The Bertz CT molecular complexity index is 318. The molecule has 0 aliphatic heterocycles. The van der Waals surface area contributed by atoms with Gasteiger partial charge in [0.25, 0.3) is 0 Å². The molecule has 0 saturated heterocycles. The number of ether oxygens (including phenoxy) is 1. The number of carbonyl (C=O) groups excluding carboxylic acids is 1. The van der Waals surface area contributed by atoms with E-state index >= 15 is 0 Å². The zero-order chi connectivity index (χ0) is 12.3. The SMILES string of the molecule is O=C([O-])C(F)(F)OC12CC3CC(CC(C3)C1)C2. The molecule has 0 radical (unpaired) electrons. The molecule has 0 atom stereocenters. The van der Waals surface area contributed by atoms with Gasteiger partial charge in [0.05, 0.1) is 5.60 Å². The topological polar surface area (TPSA) is 49.4 Å². The minimum absolute atomic E-state index is 0.443. The molecular weight excluding hydrogens is 230 g/mol. The smallest absolute Gasteiger partial charge is 0.398 e. The zero-order valence-corrected chi connectivity index (χ0v) is 9.46. The molecule has 0 N–H and O–H groups in total. The van der Waals surface area contributed by atoms with E-state index in [2.05, 4.69) is 0 Å². The molecule has 0 amide bonds. The summed E-state index contributed by atoms with van der Waals surface area (Å²) in [7, 11) is 0. The fraction of sp³-hybridized carbons (Fsp3) is 0.917. The fourth-order valence-corrected chi connectivity index (χ4v) is 4.47. The Kier molecular flexibility index (Phi) is 2.28. The molecule has 4 fully saturated rings. The second kappa shape index (κ2) is 3.40. The predicted octanol–water partition coefficient (Wildman–Crippen LogP) is 1.31. The Morgan fingerprint density at radius 2 is 1.53 bits per heavy atom. The van der Waals surface area contributed by atoms with E-state index in [0.717, 1.165) is 19.3 Å². The van der Waals surface area contributed by atoms with Crippen LogP contribution in [0.4, 0.5) is 8.78 Å². The summed E-state index contributed by atoms with van der Waals surface area (Å²) in [4.78, 5) is 10.4. The zero-order valence-electron chi connectivity index (χ0n) is 9.46. The number of rotatable bonds is 3. The summed E-state index contributed by atoms with van der Waals surface area (Å²) in [5.41, 5.74) is -0.904. The summed E-state index contributed by atoms with van der Waals surface area (Å²) in [5, 5.41) is 10.4. The number of alkyl halides is 2. The molecule has 0 aromatic rings. The van der Waals surface area contributed by atoms with Crippen molar-refractivity contribution in [1.29, 1.82) is 0 Å². The van der Waals surface area contributed by atoms with Gasteiger partial charge in [-0.3, -0.25) is 0 Å². The van der Waals surface area contributed by atoms with Crippen molar-refractivity contribution in [2.45, 2.75) is 50.2 Å². The van der Waals surface area contributed by atoms with Gasteiger partial charge in [0.2, 0.25) is 0 Å². The van der Waals surface area contributed by atoms with Crippen molar-refractivity contribution in [2.24, 2.45) is 17.8 Å². The van der Waals surface area contributed by atoms with Crippen LogP contribution in [0.1, 0.15) is 38.5 Å². The van der Waals surface area contributed by atoms with Gasteiger partial charge < -0.3 is 14.6 Å². The van der Waals surface area contributed by atoms with Crippen LogP contribution in [0, 0.1) is 17.8 Å². The third kappa shape index (κ3) is 1.84. The second-order valence-electron chi connectivity index (χ2n) is 6.01. The van der Waals surface area contributed by atoms with Crippen LogP contribution in [0.25, 0.3) is 0 Å². The summed E-state index contributed by atoms with van der Waals surface area (Å²) >= 11 is 0. The third-order valence-corrected chi connectivity index (χ3v) is 4.56. The maximum absolute atomic E-state index is 13.2. The lowest BCUT2D eigenvalue weighted by Gasteiger charge is -2.56. The molecule has 3 nitrogen and oxygen atoms in total. The first kappa shape index (κ1) is 11.4. The minimum Gasteiger partial charge on any atom is -0.542 e. The Labute approximate surface area is 98.1 Å². The van der Waals surface area contributed by atoms with Gasteiger partial charge in [-0.1, -0.05) is 0 Å². The van der Waals surface area contributed by atoms with Crippen molar-refractivity contribution in [2.75, 3.05) is 0 Å². The van der Waals surface area contributed by atoms with E-state index in [1.54, 1.807) is 0 Å². The summed E-state index contributed by atoms with van der Waals surface area (Å²) in [6, 6.07) is 0. The lowest BCUT2D eigenvalue weighted by atomic mass is 9.54. The Morgan fingerprint density at radius 1 is 1.12 bits per heavy atom. The third-order valence-electron chi connectivity index (χ3n) is 4.56. The normalized spacial score (nSPS) is 44.0. The molecular formula is C12H15F2O3-. The van der Waals surface area contributed by atoms with Crippen LogP contribution in [0.5, 0.6) is 0 Å². The van der Waals surface area contributed by atoms with Gasteiger partial charge in [-0.05, 0) is 56.3 Å². The molecule has 96 valence electrons. The molecule has 4 bridgehead atoms. The highest BCUT2D eigenvalue weighted by Crippen LogP contribution is 2.58. The van der Waals surface area contributed by atoms with E-state index in [9.17, 15) is 18.7 Å². The van der Waals surface area contributed by atoms with Crippen molar-refractivity contribution < 1.29 is 23.4 Å². The quantitative estimate of drug-likeness (QED) is 0.753. The molecule has 0 spiro atoms. The number of carboxylic acid groups (broad SMARTS) is 1. The highest BCUT2D eigenvalue weighted by atomic mass is 19.3. The van der Waals surface area contributed by atoms with Gasteiger partial charge in [0, 0.05) is 0 Å². The van der Waals surface area contributed by atoms with Crippen molar-refractivity contribution in [3.8, 4) is 0 Å². The van der Waals surface area contributed by atoms with Crippen molar-refractivity contribution in [3.63, 3.8) is 0 Å². The molecule has 4 aliphatic carbocycles. The van der Waals surface area contributed by atoms with Gasteiger partial charge >= 0.3 is 6.11 Å². The maximum Gasteiger partial charge on any atom is 0.398 e. The standard InChI is InChI=1S/C12H16F2O3/c13-12(14,10(15)16)17-11-4-7-1-8(5-11)3-9(2-7)6-11/h7-9H,1-6H2,(H,15,16)/p-1. The van der Waals surface area contributed by atoms with Crippen LogP contribution in [0.2, 0.25) is 0 Å². The lowest BCUT2D eigenvalue weighted by molar-refractivity contribution is -0.385. The van der Waals surface area contributed by atoms with E-state index < -0.39 is 17.7 Å². The highest BCUT2D eigenvalue weighted by Gasteiger charge is 2.55. The highest BCUT2D eigenvalue weighted by molar-refractivity contribution is 5.71. The molecule has 17 heavy (non-hydrogen) atoms. The van der Waals surface area contributed by atoms with E-state index in [-0.39, 0.29) is 0 Å². The van der Waals surface area contributed by atoms with Crippen LogP contribution >= 0.6 is 0 Å². The summed E-state index contributed by atoms with van der Waals surface area (Å²) in [6.45, 7) is 0. The molecule has 0 aromatic carbocycles. The Morgan fingerprint density at radius 3 is 1.88 bits per heavy atom. The van der Waals surface area contributed by atoms with Crippen LogP contribution in [-0.4, -0.2) is 17.7 Å². The number of carboxylic acids is 1.